The molecule has 1 rings (SSSR count). The Kier molecular flexibility index (Phi) is 6.00. The normalized spacial score (nSPS) is 10.2. The van der Waals surface area contributed by atoms with Gasteiger partial charge >= 0.3 is 0 Å². The van der Waals surface area contributed by atoms with Crippen LogP contribution in [-0.2, 0) is 16.5 Å². The number of nitrogens with one attached hydrogen (secondary N) is 1. The standard InChI is InChI=1S/C11H12Br3NO/c1-7(16)15-11-8(2-3-12)4-10(14)5-9(11)6-13/h4-5H,2-3,6H2,1H3,(H,15,16). The van der Waals surface area contributed by atoms with E-state index >= 15 is 0 Å². The van der Waals surface area contributed by atoms with Gasteiger partial charge in [0.25, 0.3) is 0 Å². The van der Waals surface area contributed by atoms with Crippen molar-refractivity contribution in [3.8, 4) is 0 Å². The number of rotatable bonds is 4. The van der Waals surface area contributed by atoms with E-state index < -0.39 is 0 Å². The molecule has 1 aromatic rings. The molecule has 0 atom stereocenters. The third-order valence-electron chi connectivity index (χ3n) is 2.08. The van der Waals surface area contributed by atoms with Crippen LogP contribution in [0.25, 0.3) is 0 Å². The van der Waals surface area contributed by atoms with Gasteiger partial charge in [0.05, 0.1) is 0 Å². The number of anilines is 1. The lowest BCUT2D eigenvalue weighted by Gasteiger charge is -2.14. The molecule has 1 N–H and O–H groups in total. The largest absolute Gasteiger partial charge is 0.326 e. The number of amides is 1. The van der Waals surface area contributed by atoms with Crippen LogP contribution in [0.1, 0.15) is 18.1 Å². The molecule has 0 aromatic heterocycles. The summed E-state index contributed by atoms with van der Waals surface area (Å²) >= 11 is 10.3. The van der Waals surface area contributed by atoms with Crippen LogP contribution < -0.4 is 5.32 Å². The second-order valence-corrected chi connectivity index (χ2v) is 5.62. The van der Waals surface area contributed by atoms with Crippen LogP contribution in [0.5, 0.6) is 0 Å². The van der Waals surface area contributed by atoms with Gasteiger partial charge in [-0.1, -0.05) is 47.8 Å². The molecule has 5 heteroatoms. The zero-order valence-electron chi connectivity index (χ0n) is 8.82. The molecular formula is C11H12Br3NO. The molecule has 0 fully saturated rings. The maximum Gasteiger partial charge on any atom is 0.221 e. The van der Waals surface area contributed by atoms with E-state index in [4.69, 9.17) is 0 Å². The summed E-state index contributed by atoms with van der Waals surface area (Å²) in [5.74, 6) is -0.0413. The van der Waals surface area contributed by atoms with Gasteiger partial charge in [-0.15, -0.1) is 0 Å². The SMILES string of the molecule is CC(=O)Nc1c(CBr)cc(Br)cc1CCBr. The molecule has 0 unspecified atom stereocenters. The summed E-state index contributed by atoms with van der Waals surface area (Å²) in [5.41, 5.74) is 3.14. The van der Waals surface area contributed by atoms with E-state index in [1.807, 2.05) is 12.1 Å². The molecule has 0 saturated heterocycles. The second-order valence-electron chi connectivity index (χ2n) is 3.35. The number of carbonyl (C=O) groups is 1. The van der Waals surface area contributed by atoms with Crippen LogP contribution in [0.2, 0.25) is 0 Å². The van der Waals surface area contributed by atoms with Crippen LogP contribution in [0.3, 0.4) is 0 Å². The van der Waals surface area contributed by atoms with Crippen LogP contribution in [0.4, 0.5) is 5.69 Å². The highest BCUT2D eigenvalue weighted by molar-refractivity contribution is 9.10. The number of carbonyl (C=O) groups excluding carboxylic acids is 1. The summed E-state index contributed by atoms with van der Waals surface area (Å²) in [4.78, 5) is 11.2. The molecule has 0 aliphatic carbocycles. The molecule has 0 aliphatic rings. The van der Waals surface area contributed by atoms with Crippen molar-refractivity contribution in [1.29, 1.82) is 0 Å². The van der Waals surface area contributed by atoms with Crippen LogP contribution in [0.15, 0.2) is 16.6 Å². The molecule has 2 nitrogen and oxygen atoms in total. The number of alkyl halides is 2. The fourth-order valence-electron chi connectivity index (χ4n) is 1.47. The van der Waals surface area contributed by atoms with E-state index in [2.05, 4.69) is 53.1 Å². The lowest BCUT2D eigenvalue weighted by molar-refractivity contribution is -0.114. The van der Waals surface area contributed by atoms with Gasteiger partial charge in [-0.3, -0.25) is 4.79 Å². The van der Waals surface area contributed by atoms with Gasteiger partial charge in [-0.25, -0.2) is 0 Å². The predicted octanol–water partition coefficient (Wildman–Crippen LogP) is 4.24. The van der Waals surface area contributed by atoms with Crippen molar-refractivity contribution in [2.75, 3.05) is 10.6 Å². The van der Waals surface area contributed by atoms with E-state index in [9.17, 15) is 4.79 Å². The van der Waals surface area contributed by atoms with E-state index in [0.29, 0.717) is 0 Å². The fraction of sp³-hybridized carbons (Fsp3) is 0.364. The van der Waals surface area contributed by atoms with Crippen LogP contribution >= 0.6 is 47.8 Å². The minimum atomic E-state index is -0.0413. The van der Waals surface area contributed by atoms with Crippen molar-refractivity contribution < 1.29 is 4.79 Å². The Bertz CT molecular complexity index is 393. The average Bonchev–Trinajstić information content (AvgIpc) is 2.21. The first-order valence-corrected chi connectivity index (χ1v) is 7.83. The van der Waals surface area contributed by atoms with E-state index in [1.54, 1.807) is 0 Å². The summed E-state index contributed by atoms with van der Waals surface area (Å²) in [7, 11) is 0. The van der Waals surface area contributed by atoms with Gasteiger partial charge in [0, 0.05) is 27.7 Å². The molecule has 0 radical (unpaired) electrons. The molecule has 0 bridgehead atoms. The van der Waals surface area contributed by atoms with Crippen molar-refractivity contribution in [1.82, 2.24) is 0 Å². The van der Waals surface area contributed by atoms with E-state index in [-0.39, 0.29) is 5.91 Å². The topological polar surface area (TPSA) is 29.1 Å². The smallest absolute Gasteiger partial charge is 0.221 e. The Hall–Kier alpha value is 0.130. The van der Waals surface area contributed by atoms with Gasteiger partial charge in [-0.2, -0.15) is 0 Å². The first-order chi connectivity index (χ1) is 7.58. The highest BCUT2D eigenvalue weighted by Gasteiger charge is 2.10. The monoisotopic (exact) mass is 411 g/mol. The zero-order chi connectivity index (χ0) is 12.1. The molecular weight excluding hydrogens is 402 g/mol. The molecule has 0 spiro atoms. The lowest BCUT2D eigenvalue weighted by atomic mass is 10.1. The van der Waals surface area contributed by atoms with Gasteiger partial charge in [-0.05, 0) is 29.7 Å². The predicted molar refractivity (Wildman–Crippen MR) is 78.6 cm³/mol. The number of hydrogen-bond acceptors (Lipinski definition) is 1. The van der Waals surface area contributed by atoms with Gasteiger partial charge in [0.15, 0.2) is 0 Å². The van der Waals surface area contributed by atoms with Gasteiger partial charge in [0.2, 0.25) is 5.91 Å². The molecule has 88 valence electrons. The first-order valence-electron chi connectivity index (χ1n) is 4.79. The summed E-state index contributed by atoms with van der Waals surface area (Å²) < 4.78 is 1.03. The van der Waals surface area contributed by atoms with Crippen molar-refractivity contribution in [3.63, 3.8) is 0 Å². The van der Waals surface area contributed by atoms with Crippen LogP contribution in [-0.4, -0.2) is 11.2 Å². The Balaban J connectivity index is 3.20. The Labute approximate surface area is 121 Å². The molecule has 0 saturated carbocycles. The Morgan fingerprint density at radius 2 is 1.94 bits per heavy atom. The third kappa shape index (κ3) is 3.86. The molecule has 1 amide bonds. The highest BCUT2D eigenvalue weighted by Crippen LogP contribution is 2.29. The Morgan fingerprint density at radius 3 is 2.44 bits per heavy atom. The van der Waals surface area contributed by atoms with Crippen molar-refractivity contribution in [2.45, 2.75) is 18.7 Å². The average molecular weight is 414 g/mol. The fourth-order valence-corrected chi connectivity index (χ4v) is 2.89. The molecule has 16 heavy (non-hydrogen) atoms. The second kappa shape index (κ2) is 6.77. The zero-order valence-corrected chi connectivity index (χ0v) is 13.6. The maximum absolute atomic E-state index is 11.2. The number of aryl methyl sites for hydroxylation is 1. The number of benzene rings is 1. The summed E-state index contributed by atoms with van der Waals surface area (Å²) in [6, 6.07) is 4.05. The van der Waals surface area contributed by atoms with Crippen molar-refractivity contribution in [2.24, 2.45) is 0 Å². The van der Waals surface area contributed by atoms with E-state index in [0.717, 1.165) is 38.4 Å². The summed E-state index contributed by atoms with van der Waals surface area (Å²) in [6.45, 7) is 1.53. The van der Waals surface area contributed by atoms with E-state index in [1.165, 1.54) is 6.92 Å². The minimum Gasteiger partial charge on any atom is -0.326 e. The first kappa shape index (κ1) is 14.2. The highest BCUT2D eigenvalue weighted by atomic mass is 79.9. The Morgan fingerprint density at radius 1 is 1.31 bits per heavy atom. The van der Waals surface area contributed by atoms with Crippen molar-refractivity contribution in [3.05, 3.63) is 27.7 Å². The number of hydrogen-bond donors (Lipinski definition) is 1. The molecule has 1 aromatic carbocycles. The quantitative estimate of drug-likeness (QED) is 0.735. The molecule has 0 aliphatic heterocycles. The maximum atomic E-state index is 11.2. The minimum absolute atomic E-state index is 0.0413. The van der Waals surface area contributed by atoms with Gasteiger partial charge in [0.1, 0.15) is 0 Å². The van der Waals surface area contributed by atoms with Gasteiger partial charge < -0.3 is 5.32 Å². The third-order valence-corrected chi connectivity index (χ3v) is 3.53. The number of halogens is 3. The summed E-state index contributed by atoms with van der Waals surface area (Å²) in [6.07, 6.45) is 0.884. The summed E-state index contributed by atoms with van der Waals surface area (Å²) in [5, 5.41) is 4.49. The van der Waals surface area contributed by atoms with Crippen LogP contribution in [0, 0.1) is 0 Å². The molecule has 0 heterocycles. The lowest BCUT2D eigenvalue weighted by Crippen LogP contribution is -2.10. The van der Waals surface area contributed by atoms with Crippen molar-refractivity contribution >= 4 is 59.4 Å².